The molecule has 166 valence electrons. The summed E-state index contributed by atoms with van der Waals surface area (Å²) in [7, 11) is 1.88. The molecular weight excluding hydrogens is 388 g/mol. The molecule has 2 aliphatic heterocycles. The monoisotopic (exact) mass is 422 g/mol. The van der Waals surface area contributed by atoms with Crippen LogP contribution in [-0.2, 0) is 11.3 Å². The number of carbonyl (C=O) groups is 2. The summed E-state index contributed by atoms with van der Waals surface area (Å²) < 4.78 is 0. The third kappa shape index (κ3) is 4.64. The van der Waals surface area contributed by atoms with Gasteiger partial charge in [0.2, 0.25) is 5.91 Å². The van der Waals surface area contributed by atoms with E-state index in [9.17, 15) is 9.59 Å². The first kappa shape index (κ1) is 21.5. The Kier molecular flexibility index (Phi) is 6.10. The molecule has 2 unspecified atom stereocenters. The summed E-state index contributed by atoms with van der Waals surface area (Å²) in [5.74, 6) is 0.833. The molecular formula is C25H34N4O2. The van der Waals surface area contributed by atoms with Gasteiger partial charge in [-0.05, 0) is 53.1 Å². The predicted octanol–water partition coefficient (Wildman–Crippen LogP) is 4.24. The molecule has 0 aliphatic carbocycles. The second kappa shape index (κ2) is 8.79. The van der Waals surface area contributed by atoms with Crippen LogP contribution in [0.2, 0.25) is 0 Å². The molecule has 0 saturated carbocycles. The number of aromatic nitrogens is 1. The smallest absolute Gasteiger partial charge is 0.255 e. The van der Waals surface area contributed by atoms with Crippen molar-refractivity contribution in [3.05, 3.63) is 58.9 Å². The van der Waals surface area contributed by atoms with Crippen LogP contribution in [0.25, 0.3) is 0 Å². The van der Waals surface area contributed by atoms with Crippen LogP contribution in [0.5, 0.6) is 0 Å². The molecule has 31 heavy (non-hydrogen) atoms. The van der Waals surface area contributed by atoms with Crippen molar-refractivity contribution >= 4 is 17.5 Å². The minimum absolute atomic E-state index is 0. The van der Waals surface area contributed by atoms with Crippen LogP contribution in [0.3, 0.4) is 0 Å². The maximum Gasteiger partial charge on any atom is 0.255 e. The second-order valence-electron chi connectivity index (χ2n) is 9.32. The molecule has 2 atom stereocenters. The van der Waals surface area contributed by atoms with Crippen molar-refractivity contribution in [2.75, 3.05) is 25.5 Å². The number of benzene rings is 1. The first-order valence-corrected chi connectivity index (χ1v) is 11.2. The molecule has 1 aromatic heterocycles. The minimum atomic E-state index is -0.121. The van der Waals surface area contributed by atoms with Crippen LogP contribution in [0.15, 0.2) is 36.7 Å². The second-order valence-corrected chi connectivity index (χ2v) is 9.32. The number of likely N-dealkylation sites (tertiary alicyclic amines) is 1. The summed E-state index contributed by atoms with van der Waals surface area (Å²) in [6, 6.07) is 8.29. The lowest BCUT2D eigenvalue weighted by Gasteiger charge is -2.41. The zero-order valence-corrected chi connectivity index (χ0v) is 18.9. The van der Waals surface area contributed by atoms with E-state index in [1.54, 1.807) is 6.20 Å². The molecule has 1 fully saturated rings. The number of piperidine rings is 1. The lowest BCUT2D eigenvalue weighted by molar-refractivity contribution is -0.134. The highest BCUT2D eigenvalue weighted by molar-refractivity contribution is 6.04. The van der Waals surface area contributed by atoms with Crippen LogP contribution >= 0.6 is 0 Å². The van der Waals surface area contributed by atoms with Gasteiger partial charge < -0.3 is 10.2 Å². The van der Waals surface area contributed by atoms with Gasteiger partial charge in [0.25, 0.3) is 5.91 Å². The van der Waals surface area contributed by atoms with E-state index < -0.39 is 0 Å². The van der Waals surface area contributed by atoms with Crippen LogP contribution in [0.1, 0.15) is 73.9 Å². The van der Waals surface area contributed by atoms with Gasteiger partial charge in [0.15, 0.2) is 0 Å². The number of pyridine rings is 1. The van der Waals surface area contributed by atoms with Crippen molar-refractivity contribution < 1.29 is 11.0 Å². The number of carbonyl (C=O) groups excluding carboxylic acids is 2. The fraction of sp³-hybridized carbons (Fsp3) is 0.480. The highest BCUT2D eigenvalue weighted by Crippen LogP contribution is 2.32. The van der Waals surface area contributed by atoms with Crippen LogP contribution in [-0.4, -0.2) is 52.8 Å². The fourth-order valence-electron chi connectivity index (χ4n) is 4.66. The van der Waals surface area contributed by atoms with E-state index in [0.29, 0.717) is 29.5 Å². The molecule has 2 amide bonds. The average molecular weight is 423 g/mol. The van der Waals surface area contributed by atoms with Gasteiger partial charge in [-0.25, -0.2) is 0 Å². The topological polar surface area (TPSA) is 65.5 Å². The van der Waals surface area contributed by atoms with Gasteiger partial charge in [-0.3, -0.25) is 19.5 Å². The summed E-state index contributed by atoms with van der Waals surface area (Å²) >= 11 is 0. The lowest BCUT2D eigenvalue weighted by Crippen LogP contribution is -2.48. The van der Waals surface area contributed by atoms with E-state index in [-0.39, 0.29) is 19.3 Å². The molecule has 1 saturated heterocycles. The Morgan fingerprint density at radius 1 is 1.26 bits per heavy atom. The number of hydrogen-bond acceptors (Lipinski definition) is 4. The van der Waals surface area contributed by atoms with Crippen molar-refractivity contribution in [3.63, 3.8) is 0 Å². The number of nitrogens with one attached hydrogen (secondary N) is 1. The van der Waals surface area contributed by atoms with E-state index in [0.717, 1.165) is 31.6 Å². The van der Waals surface area contributed by atoms with Crippen LogP contribution < -0.4 is 5.32 Å². The summed E-state index contributed by atoms with van der Waals surface area (Å²) in [6.07, 6.45) is 5.10. The largest absolute Gasteiger partial charge is 0.346 e. The molecule has 1 N–H and O–H groups in total. The van der Waals surface area contributed by atoms with Gasteiger partial charge in [0.1, 0.15) is 0 Å². The number of fused-ring (bicyclic) bond motifs is 1. The van der Waals surface area contributed by atoms with E-state index in [2.05, 4.69) is 42.0 Å². The summed E-state index contributed by atoms with van der Waals surface area (Å²) in [6.45, 7) is 8.99. The molecule has 0 radical (unpaired) electrons. The Balaban J connectivity index is 0.00000289. The van der Waals surface area contributed by atoms with Gasteiger partial charge in [-0.15, -0.1) is 0 Å². The standard InChI is InChI=1S/C25H32N4O2.H2/c1-16(2)19-10-21(13-26-12-19)27-25(31)18-5-6-23-17(3)14-29(15-20(23)9-18)22-7-8-28(4)24(30)11-22;/h5-6,9-10,12-13,16-17,22H,7-8,11,14-15H2,1-4H3,(H,27,31);1H. The van der Waals surface area contributed by atoms with Crippen molar-refractivity contribution in [2.24, 2.45) is 0 Å². The molecule has 2 aromatic rings. The Morgan fingerprint density at radius 3 is 2.81 bits per heavy atom. The Hall–Kier alpha value is -2.73. The van der Waals surface area contributed by atoms with Gasteiger partial charge >= 0.3 is 0 Å². The molecule has 3 heterocycles. The zero-order valence-electron chi connectivity index (χ0n) is 18.9. The molecule has 1 aromatic carbocycles. The molecule has 6 nitrogen and oxygen atoms in total. The summed E-state index contributed by atoms with van der Waals surface area (Å²) in [4.78, 5) is 33.6. The van der Waals surface area contributed by atoms with E-state index in [1.807, 2.05) is 36.3 Å². The maximum atomic E-state index is 12.9. The number of anilines is 1. The van der Waals surface area contributed by atoms with E-state index >= 15 is 0 Å². The number of rotatable bonds is 4. The quantitative estimate of drug-likeness (QED) is 0.800. The highest BCUT2D eigenvalue weighted by Gasteiger charge is 2.32. The first-order chi connectivity index (χ1) is 14.8. The predicted molar refractivity (Wildman–Crippen MR) is 124 cm³/mol. The zero-order chi connectivity index (χ0) is 22.1. The van der Waals surface area contributed by atoms with Gasteiger partial charge in [0, 0.05) is 52.3 Å². The van der Waals surface area contributed by atoms with Crippen molar-refractivity contribution in [1.29, 1.82) is 0 Å². The molecule has 6 heteroatoms. The lowest BCUT2D eigenvalue weighted by atomic mass is 9.87. The SMILES string of the molecule is CC(C)c1cncc(NC(=O)c2ccc3c(c2)CN(C2CCN(C)C(=O)C2)CC3C)c1.[HH]. The van der Waals surface area contributed by atoms with E-state index in [4.69, 9.17) is 0 Å². The molecule has 0 bridgehead atoms. The van der Waals surface area contributed by atoms with Gasteiger partial charge in [-0.2, -0.15) is 0 Å². The first-order valence-electron chi connectivity index (χ1n) is 11.2. The highest BCUT2D eigenvalue weighted by atomic mass is 16.2. The third-order valence-corrected chi connectivity index (χ3v) is 6.65. The Labute approximate surface area is 186 Å². The molecule has 2 aliphatic rings. The van der Waals surface area contributed by atoms with Gasteiger partial charge in [0.05, 0.1) is 11.9 Å². The third-order valence-electron chi connectivity index (χ3n) is 6.65. The fourth-order valence-corrected chi connectivity index (χ4v) is 4.66. The number of nitrogens with zero attached hydrogens (tertiary/aromatic N) is 3. The van der Waals surface area contributed by atoms with Crippen LogP contribution in [0.4, 0.5) is 5.69 Å². The Bertz CT molecular complexity index is 994. The van der Waals surface area contributed by atoms with Crippen LogP contribution in [0, 0.1) is 0 Å². The Morgan fingerprint density at radius 2 is 2.06 bits per heavy atom. The number of hydrogen-bond donors (Lipinski definition) is 1. The van der Waals surface area contributed by atoms with Crippen molar-refractivity contribution in [1.82, 2.24) is 14.8 Å². The van der Waals surface area contributed by atoms with Gasteiger partial charge in [-0.1, -0.05) is 26.8 Å². The number of amides is 2. The van der Waals surface area contributed by atoms with Crippen molar-refractivity contribution in [2.45, 2.75) is 58.0 Å². The molecule has 4 rings (SSSR count). The van der Waals surface area contributed by atoms with E-state index in [1.165, 1.54) is 11.1 Å². The average Bonchev–Trinajstić information content (AvgIpc) is 2.75. The minimum Gasteiger partial charge on any atom is -0.346 e. The normalized spacial score (nSPS) is 21.8. The summed E-state index contributed by atoms with van der Waals surface area (Å²) in [5, 5.41) is 2.99. The summed E-state index contributed by atoms with van der Waals surface area (Å²) in [5.41, 5.74) is 4.96. The molecule has 0 spiro atoms. The maximum absolute atomic E-state index is 12.9. The van der Waals surface area contributed by atoms with Crippen molar-refractivity contribution in [3.8, 4) is 0 Å².